The number of hydrogen-bond donors (Lipinski definition) is 1. The minimum Gasteiger partial charge on any atom is -0.323 e. The normalized spacial score (nSPS) is 18.8. The van der Waals surface area contributed by atoms with Gasteiger partial charge in [-0.1, -0.05) is 30.9 Å². The molecular formula is C14H19ClFNS. The first-order valence-corrected chi connectivity index (χ1v) is 7.91. The van der Waals surface area contributed by atoms with E-state index >= 15 is 0 Å². The average molecular weight is 288 g/mol. The summed E-state index contributed by atoms with van der Waals surface area (Å²) in [5.74, 6) is 0.543. The van der Waals surface area contributed by atoms with E-state index in [4.69, 9.17) is 17.3 Å². The Kier molecular flexibility index (Phi) is 5.34. The molecule has 1 atom stereocenters. The van der Waals surface area contributed by atoms with E-state index < -0.39 is 0 Å². The van der Waals surface area contributed by atoms with E-state index in [-0.39, 0.29) is 11.9 Å². The van der Waals surface area contributed by atoms with Crippen molar-refractivity contribution in [1.82, 2.24) is 0 Å². The summed E-state index contributed by atoms with van der Waals surface area (Å²) in [5.41, 5.74) is 6.83. The highest BCUT2D eigenvalue weighted by Crippen LogP contribution is 2.32. The fourth-order valence-electron chi connectivity index (χ4n) is 2.36. The zero-order valence-corrected chi connectivity index (χ0v) is 11.9. The molecule has 100 valence electrons. The molecule has 0 bridgehead atoms. The minimum absolute atomic E-state index is 0.180. The summed E-state index contributed by atoms with van der Waals surface area (Å²) in [7, 11) is 0. The molecule has 0 amide bonds. The van der Waals surface area contributed by atoms with Crippen LogP contribution in [0.2, 0.25) is 5.02 Å². The van der Waals surface area contributed by atoms with Gasteiger partial charge in [-0.3, -0.25) is 0 Å². The van der Waals surface area contributed by atoms with Gasteiger partial charge in [0.1, 0.15) is 5.82 Å². The van der Waals surface area contributed by atoms with E-state index in [2.05, 4.69) is 0 Å². The van der Waals surface area contributed by atoms with Gasteiger partial charge in [0.2, 0.25) is 0 Å². The molecule has 1 aromatic carbocycles. The topological polar surface area (TPSA) is 26.0 Å². The summed E-state index contributed by atoms with van der Waals surface area (Å²) < 4.78 is 13.2. The molecule has 18 heavy (non-hydrogen) atoms. The second-order valence-electron chi connectivity index (χ2n) is 4.87. The second kappa shape index (κ2) is 6.78. The van der Waals surface area contributed by atoms with Crippen LogP contribution >= 0.6 is 23.4 Å². The molecule has 0 heterocycles. The number of thioether (sulfide) groups is 1. The van der Waals surface area contributed by atoms with Gasteiger partial charge >= 0.3 is 0 Å². The number of benzene rings is 1. The summed E-state index contributed by atoms with van der Waals surface area (Å²) >= 11 is 7.97. The SMILES string of the molecule is NC(CSC1CCCCC1)c1cc(F)ccc1Cl. The van der Waals surface area contributed by atoms with Gasteiger partial charge < -0.3 is 5.73 Å². The molecule has 1 fully saturated rings. The molecule has 2 N–H and O–H groups in total. The molecule has 1 aliphatic carbocycles. The van der Waals surface area contributed by atoms with Crippen LogP contribution in [0.3, 0.4) is 0 Å². The Hall–Kier alpha value is -0.250. The van der Waals surface area contributed by atoms with Crippen LogP contribution in [0, 0.1) is 5.82 Å². The largest absolute Gasteiger partial charge is 0.323 e. The Bertz CT molecular complexity index is 393. The molecule has 0 radical (unpaired) electrons. The lowest BCUT2D eigenvalue weighted by Gasteiger charge is -2.23. The zero-order valence-electron chi connectivity index (χ0n) is 10.4. The van der Waals surface area contributed by atoms with E-state index in [0.717, 1.165) is 16.6 Å². The van der Waals surface area contributed by atoms with Gasteiger partial charge in [0.15, 0.2) is 0 Å². The molecule has 2 rings (SSSR count). The van der Waals surface area contributed by atoms with Gasteiger partial charge in [-0.25, -0.2) is 4.39 Å². The van der Waals surface area contributed by atoms with Crippen LogP contribution < -0.4 is 5.73 Å². The number of hydrogen-bond acceptors (Lipinski definition) is 2. The fraction of sp³-hybridized carbons (Fsp3) is 0.571. The Balaban J connectivity index is 1.90. The molecule has 1 aliphatic rings. The van der Waals surface area contributed by atoms with Crippen LogP contribution in [0.15, 0.2) is 18.2 Å². The quantitative estimate of drug-likeness (QED) is 0.879. The Labute approximate surface area is 117 Å². The van der Waals surface area contributed by atoms with Gasteiger partial charge in [0, 0.05) is 22.1 Å². The molecule has 1 saturated carbocycles. The lowest BCUT2D eigenvalue weighted by molar-refractivity contribution is 0.515. The van der Waals surface area contributed by atoms with Gasteiger partial charge in [-0.2, -0.15) is 11.8 Å². The smallest absolute Gasteiger partial charge is 0.123 e. The first kappa shape index (κ1) is 14.2. The lowest BCUT2D eigenvalue weighted by atomic mass is 10.0. The maximum absolute atomic E-state index is 13.2. The number of halogens is 2. The van der Waals surface area contributed by atoms with E-state index in [0.29, 0.717) is 5.02 Å². The van der Waals surface area contributed by atoms with Crippen LogP contribution in [-0.4, -0.2) is 11.0 Å². The van der Waals surface area contributed by atoms with E-state index in [1.54, 1.807) is 6.07 Å². The third-order valence-corrected chi connectivity index (χ3v) is 5.26. The highest BCUT2D eigenvalue weighted by Gasteiger charge is 2.17. The van der Waals surface area contributed by atoms with E-state index in [1.807, 2.05) is 11.8 Å². The average Bonchev–Trinajstić information content (AvgIpc) is 2.40. The van der Waals surface area contributed by atoms with Crippen molar-refractivity contribution in [2.24, 2.45) is 5.73 Å². The van der Waals surface area contributed by atoms with Gasteiger partial charge in [0.05, 0.1) is 0 Å². The van der Waals surface area contributed by atoms with E-state index in [9.17, 15) is 4.39 Å². The zero-order chi connectivity index (χ0) is 13.0. The summed E-state index contributed by atoms with van der Waals surface area (Å²) in [5, 5.41) is 1.28. The summed E-state index contributed by atoms with van der Waals surface area (Å²) in [6, 6.07) is 4.22. The maximum Gasteiger partial charge on any atom is 0.123 e. The molecule has 0 aromatic heterocycles. The first-order chi connectivity index (χ1) is 8.66. The highest BCUT2D eigenvalue weighted by molar-refractivity contribution is 7.99. The molecule has 0 saturated heterocycles. The van der Waals surface area contributed by atoms with Crippen molar-refractivity contribution in [1.29, 1.82) is 0 Å². The predicted octanol–water partition coefficient (Wildman–Crippen LogP) is 4.54. The Morgan fingerprint density at radius 1 is 1.33 bits per heavy atom. The molecule has 1 aromatic rings. The van der Waals surface area contributed by atoms with Gasteiger partial charge in [0.25, 0.3) is 0 Å². The van der Waals surface area contributed by atoms with Gasteiger partial charge in [-0.05, 0) is 36.6 Å². The maximum atomic E-state index is 13.2. The van der Waals surface area contributed by atoms with Crippen molar-refractivity contribution in [3.05, 3.63) is 34.6 Å². The highest BCUT2D eigenvalue weighted by atomic mass is 35.5. The van der Waals surface area contributed by atoms with Gasteiger partial charge in [-0.15, -0.1) is 0 Å². The molecule has 1 nitrogen and oxygen atoms in total. The summed E-state index contributed by atoms with van der Waals surface area (Å²) in [4.78, 5) is 0. The lowest BCUT2D eigenvalue weighted by Crippen LogP contribution is -2.17. The van der Waals surface area contributed by atoms with E-state index in [1.165, 1.54) is 44.2 Å². The predicted molar refractivity (Wildman–Crippen MR) is 77.7 cm³/mol. The van der Waals surface area contributed by atoms with Crippen molar-refractivity contribution < 1.29 is 4.39 Å². The van der Waals surface area contributed by atoms with Crippen molar-refractivity contribution in [3.63, 3.8) is 0 Å². The van der Waals surface area contributed by atoms with Crippen LogP contribution in [0.5, 0.6) is 0 Å². The molecule has 4 heteroatoms. The van der Waals surface area contributed by atoms with Crippen molar-refractivity contribution in [2.45, 2.75) is 43.4 Å². The monoisotopic (exact) mass is 287 g/mol. The molecule has 0 spiro atoms. The minimum atomic E-state index is -0.271. The van der Waals surface area contributed by atoms with Crippen molar-refractivity contribution in [2.75, 3.05) is 5.75 Å². The summed E-state index contributed by atoms with van der Waals surface area (Å²) in [6.07, 6.45) is 6.59. The van der Waals surface area contributed by atoms with Crippen LogP contribution in [0.1, 0.15) is 43.7 Å². The summed E-state index contributed by atoms with van der Waals surface area (Å²) in [6.45, 7) is 0. The number of nitrogens with two attached hydrogens (primary N) is 1. The Morgan fingerprint density at radius 3 is 2.78 bits per heavy atom. The standard InChI is InChI=1S/C14H19ClFNS/c15-13-7-6-10(16)8-12(13)14(17)9-18-11-4-2-1-3-5-11/h6-8,11,14H,1-5,9,17H2. The third-order valence-electron chi connectivity index (χ3n) is 3.42. The van der Waals surface area contributed by atoms with Crippen molar-refractivity contribution in [3.8, 4) is 0 Å². The van der Waals surface area contributed by atoms with Crippen LogP contribution in [0.25, 0.3) is 0 Å². The third kappa shape index (κ3) is 3.87. The van der Waals surface area contributed by atoms with Crippen LogP contribution in [0.4, 0.5) is 4.39 Å². The van der Waals surface area contributed by atoms with Crippen molar-refractivity contribution >= 4 is 23.4 Å². The molecule has 1 unspecified atom stereocenters. The molecular weight excluding hydrogens is 269 g/mol. The van der Waals surface area contributed by atoms with Crippen LogP contribution in [-0.2, 0) is 0 Å². The number of rotatable bonds is 4. The fourth-order valence-corrected chi connectivity index (χ4v) is 3.94. The molecule has 0 aliphatic heterocycles. The first-order valence-electron chi connectivity index (χ1n) is 6.49. The Morgan fingerprint density at radius 2 is 2.06 bits per heavy atom. The second-order valence-corrected chi connectivity index (χ2v) is 6.61.